The Kier molecular flexibility index (Phi) is 3.42. The number of fused-ring (bicyclic) bond motifs is 1. The topological polar surface area (TPSA) is 43.4 Å². The first-order valence-electron chi connectivity index (χ1n) is 5.73. The number of rotatable bonds is 3. The SMILES string of the molecule is COC(=O)c1cc(C(C)C=O)cc2ccccc12. The standard InChI is InChI=1S/C15H14O3/c1-10(9-16)12-7-11-5-3-4-6-13(11)14(8-12)15(17)18-2/h3-10H,1-2H3. The van der Waals surface area contributed by atoms with Crippen molar-refractivity contribution in [1.29, 1.82) is 0 Å². The van der Waals surface area contributed by atoms with Crippen LogP contribution >= 0.6 is 0 Å². The highest BCUT2D eigenvalue weighted by Crippen LogP contribution is 2.25. The van der Waals surface area contributed by atoms with Crippen LogP contribution < -0.4 is 0 Å². The van der Waals surface area contributed by atoms with Gasteiger partial charge in [-0.05, 0) is 22.4 Å². The first kappa shape index (κ1) is 12.3. The Balaban J connectivity index is 2.72. The van der Waals surface area contributed by atoms with Gasteiger partial charge in [0.05, 0.1) is 12.7 Å². The first-order valence-corrected chi connectivity index (χ1v) is 5.73. The zero-order valence-corrected chi connectivity index (χ0v) is 10.3. The Hall–Kier alpha value is -2.16. The normalized spacial score (nSPS) is 12.1. The van der Waals surface area contributed by atoms with Gasteiger partial charge in [-0.15, -0.1) is 0 Å². The lowest BCUT2D eigenvalue weighted by atomic mass is 9.95. The van der Waals surface area contributed by atoms with Crippen LogP contribution in [0.1, 0.15) is 28.8 Å². The molecular formula is C15H14O3. The van der Waals surface area contributed by atoms with Crippen molar-refractivity contribution in [3.05, 3.63) is 47.5 Å². The number of esters is 1. The molecule has 2 aromatic carbocycles. The second-order valence-corrected chi connectivity index (χ2v) is 4.21. The van der Waals surface area contributed by atoms with Gasteiger partial charge in [-0.2, -0.15) is 0 Å². The average molecular weight is 242 g/mol. The molecule has 3 heteroatoms. The highest BCUT2D eigenvalue weighted by Gasteiger charge is 2.14. The van der Waals surface area contributed by atoms with E-state index in [1.807, 2.05) is 30.3 Å². The number of carbonyl (C=O) groups is 2. The molecule has 0 bridgehead atoms. The maximum Gasteiger partial charge on any atom is 0.338 e. The molecule has 0 radical (unpaired) electrons. The maximum absolute atomic E-state index is 11.8. The second-order valence-electron chi connectivity index (χ2n) is 4.21. The van der Waals surface area contributed by atoms with Gasteiger partial charge in [0, 0.05) is 5.92 Å². The summed E-state index contributed by atoms with van der Waals surface area (Å²) in [7, 11) is 1.35. The highest BCUT2D eigenvalue weighted by atomic mass is 16.5. The van der Waals surface area contributed by atoms with Crippen LogP contribution in [0, 0.1) is 0 Å². The van der Waals surface area contributed by atoms with Gasteiger partial charge in [0.25, 0.3) is 0 Å². The predicted molar refractivity (Wildman–Crippen MR) is 69.8 cm³/mol. The van der Waals surface area contributed by atoms with Gasteiger partial charge in [-0.25, -0.2) is 4.79 Å². The van der Waals surface area contributed by atoms with E-state index < -0.39 is 0 Å². The molecule has 2 aromatic rings. The van der Waals surface area contributed by atoms with Crippen molar-refractivity contribution < 1.29 is 14.3 Å². The van der Waals surface area contributed by atoms with E-state index in [1.165, 1.54) is 7.11 Å². The van der Waals surface area contributed by atoms with Crippen LogP contribution in [0.15, 0.2) is 36.4 Å². The largest absolute Gasteiger partial charge is 0.465 e. The molecule has 0 aromatic heterocycles. The van der Waals surface area contributed by atoms with Crippen molar-refractivity contribution in [1.82, 2.24) is 0 Å². The van der Waals surface area contributed by atoms with Gasteiger partial charge in [-0.3, -0.25) is 0 Å². The number of methoxy groups -OCH3 is 1. The summed E-state index contributed by atoms with van der Waals surface area (Å²) in [4.78, 5) is 22.7. The Bertz CT molecular complexity index is 602. The Labute approximate surface area is 105 Å². The zero-order chi connectivity index (χ0) is 13.1. The van der Waals surface area contributed by atoms with Crippen molar-refractivity contribution >= 4 is 23.0 Å². The molecule has 0 aliphatic heterocycles. The Morgan fingerprint density at radius 3 is 2.67 bits per heavy atom. The quantitative estimate of drug-likeness (QED) is 0.614. The highest BCUT2D eigenvalue weighted by molar-refractivity contribution is 6.05. The minimum absolute atomic E-state index is 0.238. The van der Waals surface area contributed by atoms with Crippen molar-refractivity contribution in [2.45, 2.75) is 12.8 Å². The van der Waals surface area contributed by atoms with Crippen molar-refractivity contribution in [3.63, 3.8) is 0 Å². The molecule has 0 saturated heterocycles. The second kappa shape index (κ2) is 5.00. The van der Waals surface area contributed by atoms with Crippen LogP contribution in [-0.4, -0.2) is 19.4 Å². The number of aldehydes is 1. The van der Waals surface area contributed by atoms with E-state index in [1.54, 1.807) is 13.0 Å². The molecule has 0 saturated carbocycles. The molecule has 0 fully saturated rings. The molecule has 0 N–H and O–H groups in total. The molecule has 0 amide bonds. The summed E-state index contributed by atoms with van der Waals surface area (Å²) in [6.07, 6.45) is 0.866. The van der Waals surface area contributed by atoms with E-state index in [9.17, 15) is 9.59 Å². The fourth-order valence-electron chi connectivity index (χ4n) is 1.95. The average Bonchev–Trinajstić information content (AvgIpc) is 2.44. The molecule has 0 aliphatic rings. The van der Waals surface area contributed by atoms with Crippen LogP contribution in [0.4, 0.5) is 0 Å². The molecule has 3 nitrogen and oxygen atoms in total. The van der Waals surface area contributed by atoms with E-state index in [2.05, 4.69) is 0 Å². The molecule has 1 unspecified atom stereocenters. The fraction of sp³-hybridized carbons (Fsp3) is 0.200. The van der Waals surface area contributed by atoms with Gasteiger partial charge in [0.1, 0.15) is 6.29 Å². The number of benzene rings is 2. The zero-order valence-electron chi connectivity index (χ0n) is 10.3. The molecule has 0 heterocycles. The molecule has 2 rings (SSSR count). The van der Waals surface area contributed by atoms with Crippen LogP contribution in [0.25, 0.3) is 10.8 Å². The van der Waals surface area contributed by atoms with E-state index in [0.717, 1.165) is 22.6 Å². The van der Waals surface area contributed by atoms with E-state index in [0.29, 0.717) is 5.56 Å². The van der Waals surface area contributed by atoms with Crippen LogP contribution in [0.5, 0.6) is 0 Å². The third-order valence-corrected chi connectivity index (χ3v) is 3.02. The molecular weight excluding hydrogens is 228 g/mol. The minimum atomic E-state index is -0.383. The molecule has 18 heavy (non-hydrogen) atoms. The fourth-order valence-corrected chi connectivity index (χ4v) is 1.95. The van der Waals surface area contributed by atoms with Crippen LogP contribution in [0.2, 0.25) is 0 Å². The summed E-state index contributed by atoms with van der Waals surface area (Å²) in [5, 5.41) is 1.77. The minimum Gasteiger partial charge on any atom is -0.465 e. The molecule has 0 aliphatic carbocycles. The first-order chi connectivity index (χ1) is 8.67. The van der Waals surface area contributed by atoms with Gasteiger partial charge < -0.3 is 9.53 Å². The van der Waals surface area contributed by atoms with Crippen LogP contribution in [-0.2, 0) is 9.53 Å². The summed E-state index contributed by atoms with van der Waals surface area (Å²) < 4.78 is 4.79. The number of carbonyl (C=O) groups excluding carboxylic acids is 2. The van der Waals surface area contributed by atoms with Gasteiger partial charge in [0.2, 0.25) is 0 Å². The number of hydrogen-bond acceptors (Lipinski definition) is 3. The Morgan fingerprint density at radius 1 is 1.28 bits per heavy atom. The lowest BCUT2D eigenvalue weighted by Crippen LogP contribution is -2.05. The predicted octanol–water partition coefficient (Wildman–Crippen LogP) is 2.93. The smallest absolute Gasteiger partial charge is 0.338 e. The van der Waals surface area contributed by atoms with E-state index in [-0.39, 0.29) is 11.9 Å². The van der Waals surface area contributed by atoms with Gasteiger partial charge in [-0.1, -0.05) is 37.3 Å². The summed E-state index contributed by atoms with van der Waals surface area (Å²) >= 11 is 0. The van der Waals surface area contributed by atoms with Crippen molar-refractivity contribution in [2.24, 2.45) is 0 Å². The Morgan fingerprint density at radius 2 is 2.00 bits per heavy atom. The van der Waals surface area contributed by atoms with Crippen LogP contribution in [0.3, 0.4) is 0 Å². The number of hydrogen-bond donors (Lipinski definition) is 0. The summed E-state index contributed by atoms with van der Waals surface area (Å²) in [5.41, 5.74) is 1.32. The molecule has 1 atom stereocenters. The summed E-state index contributed by atoms with van der Waals surface area (Å²) in [6, 6.07) is 11.2. The number of ether oxygens (including phenoxy) is 1. The van der Waals surface area contributed by atoms with Gasteiger partial charge in [0.15, 0.2) is 0 Å². The van der Waals surface area contributed by atoms with Crippen molar-refractivity contribution in [3.8, 4) is 0 Å². The van der Waals surface area contributed by atoms with Crippen molar-refractivity contribution in [2.75, 3.05) is 7.11 Å². The summed E-state index contributed by atoms with van der Waals surface area (Å²) in [6.45, 7) is 1.80. The van der Waals surface area contributed by atoms with E-state index >= 15 is 0 Å². The third-order valence-electron chi connectivity index (χ3n) is 3.02. The maximum atomic E-state index is 11.8. The monoisotopic (exact) mass is 242 g/mol. The van der Waals surface area contributed by atoms with E-state index in [4.69, 9.17) is 4.74 Å². The molecule has 92 valence electrons. The third kappa shape index (κ3) is 2.12. The lowest BCUT2D eigenvalue weighted by molar-refractivity contribution is -0.108. The summed E-state index contributed by atoms with van der Waals surface area (Å²) in [5.74, 6) is -0.621. The molecule has 0 spiro atoms. The van der Waals surface area contributed by atoms with Gasteiger partial charge >= 0.3 is 5.97 Å². The lowest BCUT2D eigenvalue weighted by Gasteiger charge is -2.10.